The molecule has 0 spiro atoms. The van der Waals surface area contributed by atoms with Crippen molar-refractivity contribution in [2.45, 2.75) is 32.8 Å². The van der Waals surface area contributed by atoms with Gasteiger partial charge in [0.25, 0.3) is 0 Å². The molecule has 0 aliphatic carbocycles. The summed E-state index contributed by atoms with van der Waals surface area (Å²) in [6.07, 6.45) is 0.422. The summed E-state index contributed by atoms with van der Waals surface area (Å²) in [5.74, 6) is 1.36. The van der Waals surface area contributed by atoms with E-state index in [4.69, 9.17) is 10.00 Å². The van der Waals surface area contributed by atoms with Crippen LogP contribution in [0.25, 0.3) is 0 Å². The molecule has 2 heteroatoms. The van der Waals surface area contributed by atoms with Crippen molar-refractivity contribution in [3.05, 3.63) is 65.2 Å². The van der Waals surface area contributed by atoms with Crippen molar-refractivity contribution in [2.75, 3.05) is 0 Å². The molecule has 0 aliphatic rings. The Morgan fingerprint density at radius 1 is 1.00 bits per heavy atom. The van der Waals surface area contributed by atoms with Gasteiger partial charge < -0.3 is 4.74 Å². The Morgan fingerprint density at radius 3 is 2.35 bits per heavy atom. The molecule has 2 rings (SSSR count). The molecule has 0 N–H and O–H groups in total. The van der Waals surface area contributed by atoms with Crippen LogP contribution in [0.3, 0.4) is 0 Å². The summed E-state index contributed by atoms with van der Waals surface area (Å²) in [4.78, 5) is 0. The van der Waals surface area contributed by atoms with Gasteiger partial charge in [0.1, 0.15) is 12.4 Å². The van der Waals surface area contributed by atoms with Crippen LogP contribution < -0.4 is 4.74 Å². The van der Waals surface area contributed by atoms with Crippen LogP contribution in [0, 0.1) is 11.3 Å². The van der Waals surface area contributed by atoms with E-state index in [9.17, 15) is 0 Å². The zero-order chi connectivity index (χ0) is 14.4. The van der Waals surface area contributed by atoms with E-state index in [1.807, 2.05) is 42.5 Å². The number of para-hydroxylation sites is 1. The lowest BCUT2D eigenvalue weighted by Crippen LogP contribution is -2.02. The minimum Gasteiger partial charge on any atom is -0.489 e. The third-order valence-electron chi connectivity index (χ3n) is 3.31. The maximum absolute atomic E-state index is 8.86. The maximum atomic E-state index is 8.86. The minimum atomic E-state index is 0.422. The van der Waals surface area contributed by atoms with Crippen LogP contribution in [-0.4, -0.2) is 0 Å². The van der Waals surface area contributed by atoms with Crippen molar-refractivity contribution in [2.24, 2.45) is 0 Å². The highest BCUT2D eigenvalue weighted by Gasteiger charge is 2.08. The molecule has 0 saturated carbocycles. The molecule has 0 aliphatic heterocycles. The van der Waals surface area contributed by atoms with E-state index in [-0.39, 0.29) is 0 Å². The number of hydrogen-bond acceptors (Lipinski definition) is 2. The van der Waals surface area contributed by atoms with E-state index in [0.29, 0.717) is 18.9 Å². The summed E-state index contributed by atoms with van der Waals surface area (Å²) in [5.41, 5.74) is 3.33. The number of nitrogens with zero attached hydrogens (tertiary/aromatic N) is 1. The highest BCUT2D eigenvalue weighted by Crippen LogP contribution is 2.26. The molecular weight excluding hydrogens is 246 g/mol. The van der Waals surface area contributed by atoms with Gasteiger partial charge in [-0.2, -0.15) is 5.26 Å². The van der Waals surface area contributed by atoms with Crippen molar-refractivity contribution in [1.29, 1.82) is 5.26 Å². The molecule has 2 nitrogen and oxygen atoms in total. The fraction of sp³-hybridized carbons (Fsp3) is 0.278. The lowest BCUT2D eigenvalue weighted by molar-refractivity contribution is 0.301. The highest BCUT2D eigenvalue weighted by atomic mass is 16.5. The van der Waals surface area contributed by atoms with Gasteiger partial charge in [-0.3, -0.25) is 0 Å². The minimum absolute atomic E-state index is 0.422. The van der Waals surface area contributed by atoms with Crippen LogP contribution in [0.15, 0.2) is 48.5 Å². The predicted molar refractivity (Wildman–Crippen MR) is 80.6 cm³/mol. The van der Waals surface area contributed by atoms with E-state index in [1.54, 1.807) is 0 Å². The molecule has 0 radical (unpaired) electrons. The lowest BCUT2D eigenvalue weighted by atomic mass is 10.0. The fourth-order valence-electron chi connectivity index (χ4n) is 2.20. The van der Waals surface area contributed by atoms with Gasteiger partial charge in [-0.1, -0.05) is 56.3 Å². The standard InChI is InChI=1S/C18H19NO/c1-14(2)17-9-5-6-10-18(17)20-13-16-8-4-3-7-15(16)11-12-19/h3-10,14H,11,13H2,1-2H3. The van der Waals surface area contributed by atoms with Crippen LogP contribution in [0.4, 0.5) is 0 Å². The normalized spacial score (nSPS) is 10.3. The van der Waals surface area contributed by atoms with E-state index >= 15 is 0 Å². The zero-order valence-electron chi connectivity index (χ0n) is 12.0. The summed E-state index contributed by atoms with van der Waals surface area (Å²) in [6.45, 7) is 4.82. The second kappa shape index (κ2) is 6.77. The topological polar surface area (TPSA) is 33.0 Å². The molecule has 0 bridgehead atoms. The third-order valence-corrected chi connectivity index (χ3v) is 3.31. The average molecular weight is 265 g/mol. The van der Waals surface area contributed by atoms with Crippen LogP contribution >= 0.6 is 0 Å². The van der Waals surface area contributed by atoms with Gasteiger partial charge in [0.05, 0.1) is 12.5 Å². The lowest BCUT2D eigenvalue weighted by Gasteiger charge is -2.15. The molecule has 0 heterocycles. The molecule has 2 aromatic carbocycles. The van der Waals surface area contributed by atoms with Crippen molar-refractivity contribution in [3.8, 4) is 11.8 Å². The molecule has 0 unspecified atom stereocenters. The van der Waals surface area contributed by atoms with Gasteiger partial charge in [0.2, 0.25) is 0 Å². The van der Waals surface area contributed by atoms with Gasteiger partial charge in [-0.05, 0) is 28.7 Å². The molecule has 20 heavy (non-hydrogen) atoms. The Hall–Kier alpha value is -2.27. The Labute approximate surface area is 120 Å². The monoisotopic (exact) mass is 265 g/mol. The molecule has 0 atom stereocenters. The Morgan fingerprint density at radius 2 is 1.65 bits per heavy atom. The first-order valence-electron chi connectivity index (χ1n) is 6.88. The summed E-state index contributed by atoms with van der Waals surface area (Å²) in [6, 6.07) is 18.3. The number of ether oxygens (including phenoxy) is 1. The average Bonchev–Trinajstić information content (AvgIpc) is 2.47. The smallest absolute Gasteiger partial charge is 0.123 e. The summed E-state index contributed by atoms with van der Waals surface area (Å²) < 4.78 is 5.96. The van der Waals surface area contributed by atoms with Gasteiger partial charge in [-0.25, -0.2) is 0 Å². The largest absolute Gasteiger partial charge is 0.489 e. The second-order valence-corrected chi connectivity index (χ2v) is 5.08. The van der Waals surface area contributed by atoms with Gasteiger partial charge in [0.15, 0.2) is 0 Å². The van der Waals surface area contributed by atoms with Crippen LogP contribution in [0.1, 0.15) is 36.5 Å². The number of hydrogen-bond donors (Lipinski definition) is 0. The molecular formula is C18H19NO. The first-order valence-corrected chi connectivity index (χ1v) is 6.88. The number of rotatable bonds is 5. The molecule has 2 aromatic rings. The van der Waals surface area contributed by atoms with E-state index < -0.39 is 0 Å². The Balaban J connectivity index is 2.16. The van der Waals surface area contributed by atoms with Crippen LogP contribution in [0.2, 0.25) is 0 Å². The quantitative estimate of drug-likeness (QED) is 0.799. The number of nitriles is 1. The predicted octanol–water partition coefficient (Wildman–Crippen LogP) is 4.46. The van der Waals surface area contributed by atoms with E-state index in [0.717, 1.165) is 16.9 Å². The van der Waals surface area contributed by atoms with Gasteiger partial charge in [-0.15, -0.1) is 0 Å². The van der Waals surface area contributed by atoms with E-state index in [2.05, 4.69) is 26.0 Å². The first kappa shape index (κ1) is 14.1. The summed E-state index contributed by atoms with van der Waals surface area (Å²) >= 11 is 0. The van der Waals surface area contributed by atoms with Gasteiger partial charge >= 0.3 is 0 Å². The highest BCUT2D eigenvalue weighted by molar-refractivity contribution is 5.36. The van der Waals surface area contributed by atoms with Crippen molar-refractivity contribution < 1.29 is 4.74 Å². The fourth-order valence-corrected chi connectivity index (χ4v) is 2.20. The maximum Gasteiger partial charge on any atom is 0.123 e. The van der Waals surface area contributed by atoms with Crippen molar-refractivity contribution in [3.63, 3.8) is 0 Å². The summed E-state index contributed by atoms with van der Waals surface area (Å²) in [7, 11) is 0. The first-order chi connectivity index (χ1) is 9.72. The molecule has 0 fully saturated rings. The van der Waals surface area contributed by atoms with Crippen molar-refractivity contribution >= 4 is 0 Å². The van der Waals surface area contributed by atoms with Crippen molar-refractivity contribution in [1.82, 2.24) is 0 Å². The summed E-state index contributed by atoms with van der Waals surface area (Å²) in [5, 5.41) is 8.86. The molecule has 0 saturated heterocycles. The zero-order valence-corrected chi connectivity index (χ0v) is 12.0. The third kappa shape index (κ3) is 3.39. The van der Waals surface area contributed by atoms with Crippen LogP contribution in [-0.2, 0) is 13.0 Å². The second-order valence-electron chi connectivity index (χ2n) is 5.08. The molecule has 102 valence electrons. The molecule has 0 aromatic heterocycles. The van der Waals surface area contributed by atoms with Gasteiger partial charge in [0, 0.05) is 0 Å². The van der Waals surface area contributed by atoms with Crippen LogP contribution in [0.5, 0.6) is 5.75 Å². The molecule has 0 amide bonds. The van der Waals surface area contributed by atoms with E-state index in [1.165, 1.54) is 5.56 Å². The number of benzene rings is 2. The Kier molecular flexibility index (Phi) is 4.79. The Bertz CT molecular complexity index is 611. The SMILES string of the molecule is CC(C)c1ccccc1OCc1ccccc1CC#N.